The van der Waals surface area contributed by atoms with E-state index >= 15 is 0 Å². The average Bonchev–Trinajstić information content (AvgIpc) is 2.62. The Morgan fingerprint density at radius 2 is 1.96 bits per heavy atom. The fourth-order valence-electron chi connectivity index (χ4n) is 2.94. The maximum atomic E-state index is 12.7. The first-order valence-corrected chi connectivity index (χ1v) is 9.06. The summed E-state index contributed by atoms with van der Waals surface area (Å²) in [6.07, 6.45) is 1.83. The number of carbonyl (C=O) groups excluding carboxylic acids is 2. The topological polar surface area (TPSA) is 86.0 Å². The van der Waals surface area contributed by atoms with Gasteiger partial charge in [-0.05, 0) is 30.9 Å². The molecule has 27 heavy (non-hydrogen) atoms. The molecule has 1 aromatic heterocycles. The first kappa shape index (κ1) is 19.2. The molecule has 2 aromatic rings. The second-order valence-corrected chi connectivity index (χ2v) is 7.05. The van der Waals surface area contributed by atoms with Gasteiger partial charge in [0.25, 0.3) is 5.91 Å². The molecule has 0 radical (unpaired) electrons. The Labute approximate surface area is 160 Å². The summed E-state index contributed by atoms with van der Waals surface area (Å²) in [6.45, 7) is 4.35. The smallest absolute Gasteiger partial charge is 0.349 e. The Balaban J connectivity index is 1.87. The number of esters is 1. The van der Waals surface area contributed by atoms with E-state index in [4.69, 9.17) is 25.5 Å². The molecule has 0 atom stereocenters. The van der Waals surface area contributed by atoms with Crippen LogP contribution in [-0.2, 0) is 9.53 Å². The second kappa shape index (κ2) is 8.00. The third-order valence-corrected chi connectivity index (χ3v) is 4.86. The SMILES string of the molecule is CC(=O)OCOc1cc2oc(=O)c(C(=O)N3CCC(C)CC3)cc2cc1Cl. The molecule has 7 nitrogen and oxygen atoms in total. The molecule has 1 amide bonds. The van der Waals surface area contributed by atoms with Gasteiger partial charge in [-0.15, -0.1) is 0 Å². The minimum Gasteiger partial charge on any atom is -0.456 e. The van der Waals surface area contributed by atoms with Crippen molar-refractivity contribution < 1.29 is 23.5 Å². The molecule has 8 heteroatoms. The summed E-state index contributed by atoms with van der Waals surface area (Å²) in [6, 6.07) is 4.46. The van der Waals surface area contributed by atoms with E-state index in [1.807, 2.05) is 0 Å². The van der Waals surface area contributed by atoms with Crippen LogP contribution in [0.1, 0.15) is 37.0 Å². The summed E-state index contributed by atoms with van der Waals surface area (Å²) < 4.78 is 15.3. The van der Waals surface area contributed by atoms with E-state index in [1.165, 1.54) is 25.1 Å². The normalized spacial score (nSPS) is 15.0. The zero-order valence-electron chi connectivity index (χ0n) is 15.1. The van der Waals surface area contributed by atoms with E-state index in [-0.39, 0.29) is 34.6 Å². The number of ether oxygens (including phenoxy) is 2. The van der Waals surface area contributed by atoms with E-state index in [2.05, 4.69) is 6.92 Å². The van der Waals surface area contributed by atoms with E-state index in [1.54, 1.807) is 4.90 Å². The van der Waals surface area contributed by atoms with Crippen molar-refractivity contribution in [1.82, 2.24) is 4.90 Å². The lowest BCUT2D eigenvalue weighted by Crippen LogP contribution is -2.39. The van der Waals surface area contributed by atoms with E-state index in [0.717, 1.165) is 12.8 Å². The Kier molecular flexibility index (Phi) is 5.70. The molecule has 1 fully saturated rings. The summed E-state index contributed by atoms with van der Waals surface area (Å²) >= 11 is 6.17. The number of likely N-dealkylation sites (tertiary alicyclic amines) is 1. The quantitative estimate of drug-likeness (QED) is 0.450. The number of benzene rings is 1. The van der Waals surface area contributed by atoms with Crippen molar-refractivity contribution >= 4 is 34.4 Å². The van der Waals surface area contributed by atoms with Crippen molar-refractivity contribution in [3.63, 3.8) is 0 Å². The van der Waals surface area contributed by atoms with Crippen molar-refractivity contribution in [3.05, 3.63) is 39.2 Å². The number of carbonyl (C=O) groups is 2. The number of piperidine rings is 1. The highest BCUT2D eigenvalue weighted by molar-refractivity contribution is 6.32. The molecular weight excluding hydrogens is 374 g/mol. The van der Waals surface area contributed by atoms with Crippen molar-refractivity contribution in [3.8, 4) is 5.75 Å². The molecule has 1 saturated heterocycles. The highest BCUT2D eigenvalue weighted by Crippen LogP contribution is 2.30. The maximum absolute atomic E-state index is 12.7. The van der Waals surface area contributed by atoms with Crippen LogP contribution in [0.25, 0.3) is 11.0 Å². The van der Waals surface area contributed by atoms with Crippen LogP contribution in [0.3, 0.4) is 0 Å². The molecule has 3 rings (SSSR count). The second-order valence-electron chi connectivity index (χ2n) is 6.64. The van der Waals surface area contributed by atoms with Gasteiger partial charge in [-0.25, -0.2) is 4.79 Å². The van der Waals surface area contributed by atoms with Gasteiger partial charge in [0.15, 0.2) is 0 Å². The van der Waals surface area contributed by atoms with Crippen LogP contribution in [0.2, 0.25) is 5.02 Å². The third-order valence-electron chi connectivity index (χ3n) is 4.56. The molecule has 0 aliphatic carbocycles. The van der Waals surface area contributed by atoms with Crippen LogP contribution in [0.15, 0.2) is 27.4 Å². The fourth-order valence-corrected chi connectivity index (χ4v) is 3.16. The summed E-state index contributed by atoms with van der Waals surface area (Å²) in [5, 5.41) is 0.752. The van der Waals surface area contributed by atoms with Crippen molar-refractivity contribution in [2.75, 3.05) is 19.9 Å². The Morgan fingerprint density at radius 3 is 2.63 bits per heavy atom. The monoisotopic (exact) mass is 393 g/mol. The maximum Gasteiger partial charge on any atom is 0.349 e. The summed E-state index contributed by atoms with van der Waals surface area (Å²) in [7, 11) is 0. The zero-order chi connectivity index (χ0) is 19.6. The molecule has 1 aliphatic rings. The molecule has 2 heterocycles. The summed E-state index contributed by atoms with van der Waals surface area (Å²) in [4.78, 5) is 37.5. The summed E-state index contributed by atoms with van der Waals surface area (Å²) in [5.41, 5.74) is -0.493. The number of nitrogens with zero attached hydrogens (tertiary/aromatic N) is 1. The first-order chi connectivity index (χ1) is 12.8. The van der Waals surface area contributed by atoms with Crippen LogP contribution in [-0.4, -0.2) is 36.7 Å². The molecular formula is C19H20ClNO6. The van der Waals surface area contributed by atoms with Gasteiger partial charge < -0.3 is 18.8 Å². The van der Waals surface area contributed by atoms with Gasteiger partial charge in [0.2, 0.25) is 6.79 Å². The Hall–Kier alpha value is -2.54. The van der Waals surface area contributed by atoms with Crippen LogP contribution in [0, 0.1) is 5.92 Å². The minimum absolute atomic E-state index is 0.0123. The molecule has 1 aromatic carbocycles. The number of amides is 1. The van der Waals surface area contributed by atoms with Gasteiger partial charge in [-0.1, -0.05) is 18.5 Å². The third kappa shape index (κ3) is 4.42. The largest absolute Gasteiger partial charge is 0.456 e. The molecule has 0 bridgehead atoms. The molecule has 0 N–H and O–H groups in total. The highest BCUT2D eigenvalue weighted by atomic mass is 35.5. The lowest BCUT2D eigenvalue weighted by Gasteiger charge is -2.30. The number of hydrogen-bond donors (Lipinski definition) is 0. The Morgan fingerprint density at radius 1 is 1.26 bits per heavy atom. The van der Waals surface area contributed by atoms with Crippen LogP contribution >= 0.6 is 11.6 Å². The van der Waals surface area contributed by atoms with Crippen LogP contribution in [0.4, 0.5) is 0 Å². The van der Waals surface area contributed by atoms with Crippen molar-refractivity contribution in [2.45, 2.75) is 26.7 Å². The number of halogens is 1. The van der Waals surface area contributed by atoms with Crippen molar-refractivity contribution in [1.29, 1.82) is 0 Å². The molecule has 0 saturated carbocycles. The number of rotatable bonds is 4. The molecule has 0 unspecified atom stereocenters. The predicted octanol–water partition coefficient (Wildman–Crippen LogP) is 3.22. The summed E-state index contributed by atoms with van der Waals surface area (Å²) in [5.74, 6) is -0.0403. The van der Waals surface area contributed by atoms with Crippen molar-refractivity contribution in [2.24, 2.45) is 5.92 Å². The molecule has 0 spiro atoms. The number of fused-ring (bicyclic) bond motifs is 1. The highest BCUT2D eigenvalue weighted by Gasteiger charge is 2.24. The van der Waals surface area contributed by atoms with Crippen LogP contribution < -0.4 is 10.4 Å². The number of hydrogen-bond acceptors (Lipinski definition) is 6. The lowest BCUT2D eigenvalue weighted by molar-refractivity contribution is -0.147. The molecule has 144 valence electrons. The van der Waals surface area contributed by atoms with Gasteiger partial charge in [0, 0.05) is 31.5 Å². The van der Waals surface area contributed by atoms with Gasteiger partial charge in [0.05, 0.1) is 5.02 Å². The fraction of sp³-hybridized carbons (Fsp3) is 0.421. The lowest BCUT2D eigenvalue weighted by atomic mass is 9.99. The van der Waals surface area contributed by atoms with Gasteiger partial charge in [-0.3, -0.25) is 9.59 Å². The molecule has 1 aliphatic heterocycles. The van der Waals surface area contributed by atoms with Crippen LogP contribution in [0.5, 0.6) is 5.75 Å². The minimum atomic E-state index is -0.709. The van der Waals surface area contributed by atoms with Gasteiger partial charge in [0.1, 0.15) is 16.9 Å². The van der Waals surface area contributed by atoms with Gasteiger partial charge in [-0.2, -0.15) is 0 Å². The standard InChI is InChI=1S/C19H20ClNO6/c1-11-3-5-21(6-4-11)18(23)14-7-13-8-15(20)17(26-10-25-12(2)22)9-16(13)27-19(14)24/h7-9,11H,3-6,10H2,1-2H3. The van der Waals surface area contributed by atoms with Gasteiger partial charge >= 0.3 is 11.6 Å². The predicted molar refractivity (Wildman–Crippen MR) is 99.1 cm³/mol. The van der Waals surface area contributed by atoms with E-state index < -0.39 is 11.6 Å². The zero-order valence-corrected chi connectivity index (χ0v) is 15.9. The van der Waals surface area contributed by atoms with E-state index in [0.29, 0.717) is 24.4 Å². The first-order valence-electron chi connectivity index (χ1n) is 8.68. The Bertz CT molecular complexity index is 930. The van der Waals surface area contributed by atoms with E-state index in [9.17, 15) is 14.4 Å². The average molecular weight is 394 g/mol.